The summed E-state index contributed by atoms with van der Waals surface area (Å²) in [7, 11) is 0. The van der Waals surface area contributed by atoms with Gasteiger partial charge in [0.25, 0.3) is 5.69 Å². The number of nitro benzene ring substituents is 1. The van der Waals surface area contributed by atoms with Crippen LogP contribution in [0.5, 0.6) is 0 Å². The molecular formula is C10H9F2N3O3. The molecule has 1 amide bonds. The molecule has 2 N–H and O–H groups in total. The molecule has 0 saturated carbocycles. The van der Waals surface area contributed by atoms with Crippen LogP contribution in [0.15, 0.2) is 12.1 Å². The first-order valence-electron chi connectivity index (χ1n) is 5.14. The summed E-state index contributed by atoms with van der Waals surface area (Å²) in [5.74, 6) is -2.32. The van der Waals surface area contributed by atoms with Crippen molar-refractivity contribution >= 4 is 17.3 Å². The summed E-state index contributed by atoms with van der Waals surface area (Å²) in [5.41, 5.74) is -1.11. The Labute approximate surface area is 100 Å². The van der Waals surface area contributed by atoms with Gasteiger partial charge in [-0.15, -0.1) is 0 Å². The first kappa shape index (κ1) is 12.2. The molecule has 0 aromatic heterocycles. The molecule has 1 aromatic carbocycles. The molecule has 1 aliphatic rings. The third-order valence-corrected chi connectivity index (χ3v) is 2.56. The number of halogens is 2. The van der Waals surface area contributed by atoms with Crippen molar-refractivity contribution in [1.82, 2.24) is 5.32 Å². The highest BCUT2D eigenvalue weighted by molar-refractivity contribution is 5.79. The van der Waals surface area contributed by atoms with Crippen molar-refractivity contribution in [1.29, 1.82) is 0 Å². The van der Waals surface area contributed by atoms with Crippen LogP contribution in [0, 0.1) is 21.7 Å². The zero-order chi connectivity index (χ0) is 13.3. The topological polar surface area (TPSA) is 84.3 Å². The summed E-state index contributed by atoms with van der Waals surface area (Å²) in [6.07, 6.45) is 0.107. The van der Waals surface area contributed by atoms with Crippen LogP contribution in [0.4, 0.5) is 20.2 Å². The molecule has 1 aromatic rings. The second-order valence-corrected chi connectivity index (χ2v) is 3.89. The highest BCUT2D eigenvalue weighted by atomic mass is 19.1. The zero-order valence-corrected chi connectivity index (χ0v) is 9.07. The quantitative estimate of drug-likeness (QED) is 0.629. The lowest BCUT2D eigenvalue weighted by molar-refractivity contribution is -0.385. The predicted octanol–water partition coefficient (Wildman–Crippen LogP) is 1.17. The van der Waals surface area contributed by atoms with Crippen molar-refractivity contribution < 1.29 is 18.5 Å². The molecule has 0 aliphatic carbocycles. The van der Waals surface area contributed by atoms with Gasteiger partial charge in [-0.25, -0.2) is 8.78 Å². The number of nitrogens with zero attached hydrogens (tertiary/aromatic N) is 1. The predicted molar refractivity (Wildman–Crippen MR) is 58.0 cm³/mol. The molecule has 1 heterocycles. The van der Waals surface area contributed by atoms with E-state index in [1.54, 1.807) is 0 Å². The van der Waals surface area contributed by atoms with E-state index in [-0.39, 0.29) is 18.9 Å². The minimum absolute atomic E-state index is 0.107. The smallest absolute Gasteiger partial charge is 0.275 e. The summed E-state index contributed by atoms with van der Waals surface area (Å²) < 4.78 is 27.0. The van der Waals surface area contributed by atoms with Crippen LogP contribution >= 0.6 is 0 Å². The number of nitro groups is 1. The van der Waals surface area contributed by atoms with E-state index in [1.165, 1.54) is 0 Å². The van der Waals surface area contributed by atoms with Crippen LogP contribution in [-0.4, -0.2) is 23.4 Å². The Morgan fingerprint density at radius 2 is 2.00 bits per heavy atom. The molecule has 18 heavy (non-hydrogen) atoms. The Morgan fingerprint density at radius 3 is 2.44 bits per heavy atom. The highest BCUT2D eigenvalue weighted by Crippen LogP contribution is 2.26. The van der Waals surface area contributed by atoms with Gasteiger partial charge in [-0.05, 0) is 0 Å². The average molecular weight is 257 g/mol. The summed E-state index contributed by atoms with van der Waals surface area (Å²) >= 11 is 0. The van der Waals surface area contributed by atoms with Crippen LogP contribution in [0.1, 0.15) is 6.42 Å². The van der Waals surface area contributed by atoms with E-state index >= 15 is 0 Å². The van der Waals surface area contributed by atoms with Gasteiger partial charge in [0.2, 0.25) is 5.91 Å². The molecule has 0 spiro atoms. The zero-order valence-electron chi connectivity index (χ0n) is 9.07. The number of hydrogen-bond donors (Lipinski definition) is 2. The Hall–Kier alpha value is -2.25. The van der Waals surface area contributed by atoms with Crippen LogP contribution in [0.2, 0.25) is 0 Å². The van der Waals surface area contributed by atoms with Gasteiger partial charge >= 0.3 is 0 Å². The highest BCUT2D eigenvalue weighted by Gasteiger charge is 2.24. The molecular weight excluding hydrogens is 248 g/mol. The van der Waals surface area contributed by atoms with Crippen molar-refractivity contribution in [2.75, 3.05) is 11.9 Å². The number of amides is 1. The van der Waals surface area contributed by atoms with Gasteiger partial charge in [0, 0.05) is 13.0 Å². The van der Waals surface area contributed by atoms with Crippen molar-refractivity contribution in [2.24, 2.45) is 0 Å². The molecule has 6 nitrogen and oxygen atoms in total. The molecule has 1 atom stereocenters. The Balaban J connectivity index is 2.23. The SMILES string of the molecule is O=C1C[C@H](Nc2c(F)cc([N+](=O)[O-])cc2F)CN1. The third-order valence-electron chi connectivity index (χ3n) is 2.56. The van der Waals surface area contributed by atoms with Gasteiger partial charge in [-0.2, -0.15) is 0 Å². The lowest BCUT2D eigenvalue weighted by atomic mass is 10.2. The van der Waals surface area contributed by atoms with Gasteiger partial charge in [0.15, 0.2) is 11.6 Å². The summed E-state index contributed by atoms with van der Waals surface area (Å²) in [5, 5.41) is 15.4. The van der Waals surface area contributed by atoms with Crippen molar-refractivity contribution in [3.63, 3.8) is 0 Å². The first-order chi connectivity index (χ1) is 8.47. The van der Waals surface area contributed by atoms with Crippen molar-refractivity contribution in [2.45, 2.75) is 12.5 Å². The number of anilines is 1. The minimum atomic E-state index is -1.05. The Kier molecular flexibility index (Phi) is 3.09. The molecule has 0 bridgehead atoms. The van der Waals surface area contributed by atoms with E-state index < -0.39 is 34.0 Å². The van der Waals surface area contributed by atoms with Crippen molar-refractivity contribution in [3.05, 3.63) is 33.9 Å². The molecule has 0 unspecified atom stereocenters. The van der Waals surface area contributed by atoms with E-state index in [1.807, 2.05) is 0 Å². The van der Waals surface area contributed by atoms with Gasteiger partial charge in [-0.1, -0.05) is 0 Å². The molecule has 1 saturated heterocycles. The fourth-order valence-electron chi connectivity index (χ4n) is 1.71. The van der Waals surface area contributed by atoms with Crippen LogP contribution in [0.25, 0.3) is 0 Å². The fourth-order valence-corrected chi connectivity index (χ4v) is 1.71. The second kappa shape index (κ2) is 4.55. The maximum absolute atomic E-state index is 13.5. The number of carbonyl (C=O) groups is 1. The normalized spacial score (nSPS) is 18.6. The molecule has 1 fully saturated rings. The van der Waals surface area contributed by atoms with E-state index in [2.05, 4.69) is 10.6 Å². The number of carbonyl (C=O) groups excluding carboxylic acids is 1. The number of rotatable bonds is 3. The van der Waals surface area contributed by atoms with Gasteiger partial charge in [-0.3, -0.25) is 14.9 Å². The average Bonchev–Trinajstić information content (AvgIpc) is 2.69. The van der Waals surface area contributed by atoms with E-state index in [0.717, 1.165) is 0 Å². The van der Waals surface area contributed by atoms with Gasteiger partial charge < -0.3 is 10.6 Å². The lowest BCUT2D eigenvalue weighted by Gasteiger charge is -2.13. The van der Waals surface area contributed by atoms with E-state index in [9.17, 15) is 23.7 Å². The van der Waals surface area contributed by atoms with Crippen LogP contribution < -0.4 is 10.6 Å². The van der Waals surface area contributed by atoms with Gasteiger partial charge in [0.1, 0.15) is 5.69 Å². The minimum Gasteiger partial charge on any atom is -0.375 e. The van der Waals surface area contributed by atoms with E-state index in [0.29, 0.717) is 12.1 Å². The number of non-ortho nitro benzene ring substituents is 1. The number of benzene rings is 1. The Bertz CT molecular complexity index is 498. The molecule has 0 radical (unpaired) electrons. The van der Waals surface area contributed by atoms with Crippen molar-refractivity contribution in [3.8, 4) is 0 Å². The van der Waals surface area contributed by atoms with Crippen LogP contribution in [0.3, 0.4) is 0 Å². The third kappa shape index (κ3) is 2.36. The molecule has 2 rings (SSSR count). The number of nitrogens with one attached hydrogen (secondary N) is 2. The largest absolute Gasteiger partial charge is 0.375 e. The molecule has 8 heteroatoms. The summed E-state index contributed by atoms with van der Waals surface area (Å²) in [6.45, 7) is 0.259. The maximum Gasteiger partial charge on any atom is 0.275 e. The second-order valence-electron chi connectivity index (χ2n) is 3.89. The van der Waals surface area contributed by atoms with E-state index in [4.69, 9.17) is 0 Å². The standard InChI is InChI=1S/C10H9F2N3O3/c11-7-2-6(15(17)18)3-8(12)10(7)14-5-1-9(16)13-4-5/h2-3,5,14H,1,4H2,(H,13,16)/t5-/m0/s1. The first-order valence-corrected chi connectivity index (χ1v) is 5.14. The summed E-state index contributed by atoms with van der Waals surface area (Å²) in [6, 6.07) is 0.841. The fraction of sp³-hybridized carbons (Fsp3) is 0.300. The monoisotopic (exact) mass is 257 g/mol. The van der Waals surface area contributed by atoms with Crippen LogP contribution in [-0.2, 0) is 4.79 Å². The lowest BCUT2D eigenvalue weighted by Crippen LogP contribution is -2.23. The summed E-state index contributed by atoms with van der Waals surface area (Å²) in [4.78, 5) is 20.5. The number of hydrogen-bond acceptors (Lipinski definition) is 4. The molecule has 96 valence electrons. The van der Waals surface area contributed by atoms with Gasteiger partial charge in [0.05, 0.1) is 23.1 Å². The maximum atomic E-state index is 13.5. The Morgan fingerprint density at radius 1 is 1.39 bits per heavy atom. The molecule has 1 aliphatic heterocycles.